The second-order valence-corrected chi connectivity index (χ2v) is 11.5. The predicted molar refractivity (Wildman–Crippen MR) is 149 cm³/mol. The molecule has 12 nitrogen and oxygen atoms in total. The number of aliphatic hydroxyl groups is 3. The van der Waals surface area contributed by atoms with Gasteiger partial charge in [-0.15, -0.1) is 0 Å². The van der Waals surface area contributed by atoms with Crippen molar-refractivity contribution in [1.29, 1.82) is 0 Å². The molecule has 41 heavy (non-hydrogen) atoms. The van der Waals surface area contributed by atoms with Crippen molar-refractivity contribution in [2.24, 2.45) is 17.4 Å². The molecule has 0 saturated heterocycles. The average molecular weight is 567 g/mol. The Morgan fingerprint density at radius 1 is 1.15 bits per heavy atom. The van der Waals surface area contributed by atoms with Gasteiger partial charge in [0.25, 0.3) is 5.91 Å². The molecule has 0 radical (unpaired) electrons. The van der Waals surface area contributed by atoms with E-state index >= 15 is 0 Å². The zero-order valence-corrected chi connectivity index (χ0v) is 23.5. The SMILES string of the molecule is CCc1ccc(-c2cc(N(C)C)c3c(c2O)C(O)=C2C(=O)[C@]4(O)C(O)=C(C(N)=O)C(=O)C(N(C)C)[C@@H]4C[C@]2(N)C3)o1. The molecule has 1 aromatic carbocycles. The lowest BCUT2D eigenvalue weighted by molar-refractivity contribution is -0.154. The van der Waals surface area contributed by atoms with Crippen molar-refractivity contribution in [3.05, 3.63) is 52.0 Å². The summed E-state index contributed by atoms with van der Waals surface area (Å²) in [5.74, 6) is -5.82. The first-order valence-electron chi connectivity index (χ1n) is 13.2. The molecule has 8 N–H and O–H groups in total. The van der Waals surface area contributed by atoms with Crippen LogP contribution in [0.5, 0.6) is 5.75 Å². The number of phenolic OH excluding ortho intramolecular Hbond substituents is 1. The Labute approximate surface area is 236 Å². The number of likely N-dealkylation sites (N-methyl/N-ethyl adjacent to an activating group) is 1. The van der Waals surface area contributed by atoms with Gasteiger partial charge in [0.05, 0.1) is 28.3 Å². The minimum Gasteiger partial charge on any atom is -0.508 e. The maximum Gasteiger partial charge on any atom is 0.255 e. The second-order valence-electron chi connectivity index (χ2n) is 11.5. The van der Waals surface area contributed by atoms with E-state index in [-0.39, 0.29) is 29.7 Å². The first kappa shape index (κ1) is 28.4. The number of furan rings is 1. The number of carbonyl (C=O) groups is 3. The summed E-state index contributed by atoms with van der Waals surface area (Å²) < 4.78 is 5.86. The fraction of sp³-hybridized carbons (Fsp3) is 0.414. The standard InChI is InChI=1S/C29H34N4O8/c1-6-12-7-8-17(41-12)13-9-16(32(2)3)14-10-28(31)11-15-21(33(4)5)24(36)19(27(30)39)25(37)29(15,40)26(38)20(28)23(35)18(14)22(13)34/h7-9,15,21,34-35,37,40H,6,10-11,31H2,1-5H3,(H2,30,39)/t15-,21?,28+,29+/m0/s1. The summed E-state index contributed by atoms with van der Waals surface area (Å²) in [7, 11) is 6.60. The van der Waals surface area contributed by atoms with E-state index in [0.717, 1.165) is 0 Å². The topological polar surface area (TPSA) is 204 Å². The number of phenols is 1. The lowest BCUT2D eigenvalue weighted by Gasteiger charge is -2.53. The van der Waals surface area contributed by atoms with Crippen molar-refractivity contribution in [3.63, 3.8) is 0 Å². The van der Waals surface area contributed by atoms with Gasteiger partial charge in [-0.05, 0) is 50.7 Å². The van der Waals surface area contributed by atoms with Crippen LogP contribution in [0.15, 0.2) is 39.5 Å². The van der Waals surface area contributed by atoms with Gasteiger partial charge in [-0.1, -0.05) is 6.92 Å². The maximum absolute atomic E-state index is 14.2. The highest BCUT2D eigenvalue weighted by atomic mass is 16.4. The van der Waals surface area contributed by atoms with Gasteiger partial charge >= 0.3 is 0 Å². The number of fused-ring (bicyclic) bond motifs is 3. The number of aryl methyl sites for hydroxylation is 1. The first-order chi connectivity index (χ1) is 19.1. The molecule has 5 rings (SSSR count). The molecule has 1 fully saturated rings. The van der Waals surface area contributed by atoms with E-state index in [2.05, 4.69) is 0 Å². The van der Waals surface area contributed by atoms with Crippen LogP contribution in [-0.2, 0) is 27.2 Å². The fourth-order valence-corrected chi connectivity index (χ4v) is 6.70. The van der Waals surface area contributed by atoms with Gasteiger partial charge in [0, 0.05) is 32.1 Å². The van der Waals surface area contributed by atoms with Gasteiger partial charge in [-0.2, -0.15) is 0 Å². The van der Waals surface area contributed by atoms with E-state index in [1.807, 2.05) is 6.92 Å². The fourth-order valence-electron chi connectivity index (χ4n) is 6.70. The molecular weight excluding hydrogens is 532 g/mol. The third kappa shape index (κ3) is 3.74. The van der Waals surface area contributed by atoms with Gasteiger partial charge in [0.2, 0.25) is 5.78 Å². The average Bonchev–Trinajstić information content (AvgIpc) is 3.34. The molecule has 2 aromatic rings. The van der Waals surface area contributed by atoms with Crippen LogP contribution in [-0.4, -0.2) is 88.2 Å². The molecule has 3 aliphatic rings. The van der Waals surface area contributed by atoms with Crippen LogP contribution in [0.3, 0.4) is 0 Å². The molecular formula is C29H34N4O8. The van der Waals surface area contributed by atoms with Gasteiger partial charge in [0.1, 0.15) is 34.4 Å². The molecule has 1 heterocycles. The van der Waals surface area contributed by atoms with Gasteiger partial charge in [-0.3, -0.25) is 19.3 Å². The number of primary amides is 1. The van der Waals surface area contributed by atoms with E-state index in [9.17, 15) is 34.8 Å². The van der Waals surface area contributed by atoms with E-state index in [4.69, 9.17) is 15.9 Å². The Morgan fingerprint density at radius 3 is 2.34 bits per heavy atom. The maximum atomic E-state index is 14.2. The normalized spacial score (nSPS) is 27.6. The van der Waals surface area contributed by atoms with E-state index in [0.29, 0.717) is 29.2 Å². The van der Waals surface area contributed by atoms with Crippen LogP contribution >= 0.6 is 0 Å². The number of nitrogens with two attached hydrogens (primary N) is 2. The summed E-state index contributed by atoms with van der Waals surface area (Å²) >= 11 is 0. The molecule has 218 valence electrons. The van der Waals surface area contributed by atoms with Gasteiger partial charge in [-0.25, -0.2) is 0 Å². The molecule has 3 aliphatic carbocycles. The zero-order valence-electron chi connectivity index (χ0n) is 23.5. The number of hydrogen-bond donors (Lipinski definition) is 6. The van der Waals surface area contributed by atoms with Crippen LogP contribution < -0.4 is 16.4 Å². The highest BCUT2D eigenvalue weighted by Crippen LogP contribution is 2.55. The van der Waals surface area contributed by atoms with Crippen LogP contribution in [0.25, 0.3) is 17.1 Å². The molecule has 1 unspecified atom stereocenters. The molecule has 0 spiro atoms. The van der Waals surface area contributed by atoms with Crippen molar-refractivity contribution < 1.29 is 39.2 Å². The Kier molecular flexibility index (Phi) is 6.37. The van der Waals surface area contributed by atoms with Crippen molar-refractivity contribution in [2.45, 2.75) is 43.4 Å². The van der Waals surface area contributed by atoms with Crippen molar-refractivity contribution in [3.8, 4) is 17.1 Å². The van der Waals surface area contributed by atoms with E-state index in [1.165, 1.54) is 19.0 Å². The first-order valence-corrected chi connectivity index (χ1v) is 13.2. The smallest absolute Gasteiger partial charge is 0.255 e. The Morgan fingerprint density at radius 2 is 1.80 bits per heavy atom. The van der Waals surface area contributed by atoms with E-state index < -0.39 is 63.2 Å². The number of benzene rings is 1. The third-order valence-corrected chi connectivity index (χ3v) is 8.60. The summed E-state index contributed by atoms with van der Waals surface area (Å²) in [6.07, 6.45) is 0.333. The van der Waals surface area contributed by atoms with Crippen molar-refractivity contribution in [2.75, 3.05) is 33.1 Å². The Bertz CT molecular complexity index is 1580. The third-order valence-electron chi connectivity index (χ3n) is 8.60. The predicted octanol–water partition coefficient (Wildman–Crippen LogP) is 0.934. The van der Waals surface area contributed by atoms with Gasteiger partial charge in [0.15, 0.2) is 11.4 Å². The lowest BCUT2D eigenvalue weighted by Crippen LogP contribution is -2.70. The molecule has 12 heteroatoms. The van der Waals surface area contributed by atoms with Crippen LogP contribution in [0.4, 0.5) is 5.69 Å². The number of Topliss-reactive ketones (excluding diaryl/α,β-unsaturated/α-hetero) is 2. The number of aromatic hydroxyl groups is 1. The lowest BCUT2D eigenvalue weighted by atomic mass is 9.55. The number of hydrogen-bond acceptors (Lipinski definition) is 11. The number of anilines is 1. The zero-order chi connectivity index (χ0) is 30.3. The molecule has 1 aromatic heterocycles. The summed E-state index contributed by atoms with van der Waals surface area (Å²) in [6.45, 7) is 1.91. The molecule has 1 saturated carbocycles. The Hall–Kier alpha value is -4.13. The Balaban J connectivity index is 1.81. The number of nitrogens with zero attached hydrogens (tertiary/aromatic N) is 2. The largest absolute Gasteiger partial charge is 0.508 e. The van der Waals surface area contributed by atoms with E-state index in [1.54, 1.807) is 37.2 Å². The number of ketones is 2. The quantitative estimate of drug-likeness (QED) is 0.281. The highest BCUT2D eigenvalue weighted by Gasteiger charge is 2.67. The van der Waals surface area contributed by atoms with Crippen molar-refractivity contribution >= 4 is 28.9 Å². The monoisotopic (exact) mass is 566 g/mol. The molecule has 1 amide bonds. The number of carbonyl (C=O) groups excluding carboxylic acids is 3. The van der Waals surface area contributed by atoms with Crippen molar-refractivity contribution in [1.82, 2.24) is 4.90 Å². The minimum atomic E-state index is -2.79. The van der Waals surface area contributed by atoms with Crippen LogP contribution in [0.2, 0.25) is 0 Å². The molecule has 0 aliphatic heterocycles. The second kappa shape index (κ2) is 9.20. The van der Waals surface area contributed by atoms with Gasteiger partial charge < -0.3 is 41.2 Å². The number of amides is 1. The summed E-state index contributed by atoms with van der Waals surface area (Å²) in [5.41, 5.74) is 7.77. The number of aliphatic hydroxyl groups excluding tert-OH is 2. The minimum absolute atomic E-state index is 0.0543. The molecule has 0 bridgehead atoms. The number of rotatable bonds is 5. The summed E-state index contributed by atoms with van der Waals surface area (Å²) in [6, 6.07) is 3.93. The summed E-state index contributed by atoms with van der Waals surface area (Å²) in [4.78, 5) is 42.9. The van der Waals surface area contributed by atoms with Crippen LogP contribution in [0, 0.1) is 5.92 Å². The highest BCUT2D eigenvalue weighted by molar-refractivity contribution is 6.25. The van der Waals surface area contributed by atoms with Crippen LogP contribution in [0.1, 0.15) is 30.2 Å². The summed E-state index contributed by atoms with van der Waals surface area (Å²) in [5, 5.41) is 46.0. The molecule has 4 atom stereocenters.